The molecule has 106 valence electrons. The van der Waals surface area contributed by atoms with Crippen LogP contribution in [-0.4, -0.2) is 12.6 Å². The van der Waals surface area contributed by atoms with Gasteiger partial charge in [-0.05, 0) is 48.3 Å². The second-order valence-electron chi connectivity index (χ2n) is 6.25. The molecule has 3 atom stereocenters. The summed E-state index contributed by atoms with van der Waals surface area (Å²) in [5, 5.41) is 3.65. The van der Waals surface area contributed by atoms with Crippen LogP contribution < -0.4 is 5.32 Å². The quantitative estimate of drug-likeness (QED) is 0.792. The fraction of sp³-hybridized carbons (Fsp3) is 0.667. The summed E-state index contributed by atoms with van der Waals surface area (Å²) in [4.78, 5) is 0. The lowest BCUT2D eigenvalue weighted by Crippen LogP contribution is -2.56. The molecule has 1 nitrogen and oxygen atoms in total. The molecule has 1 fully saturated rings. The molecule has 0 spiro atoms. The van der Waals surface area contributed by atoms with Crippen molar-refractivity contribution in [3.05, 3.63) is 35.4 Å². The molecular formula is C18H29N. The van der Waals surface area contributed by atoms with Crippen molar-refractivity contribution in [2.24, 2.45) is 5.41 Å². The molecule has 1 heteroatoms. The van der Waals surface area contributed by atoms with E-state index in [0.29, 0.717) is 11.5 Å². The van der Waals surface area contributed by atoms with Crippen LogP contribution in [0, 0.1) is 5.41 Å². The van der Waals surface area contributed by atoms with Crippen molar-refractivity contribution < 1.29 is 0 Å². The maximum atomic E-state index is 3.65. The maximum Gasteiger partial charge on any atom is 0.0132 e. The number of aryl methyl sites for hydroxylation is 1. The summed E-state index contributed by atoms with van der Waals surface area (Å²) in [5.41, 5.74) is 3.45. The van der Waals surface area contributed by atoms with Gasteiger partial charge in [-0.3, -0.25) is 0 Å². The Balaban J connectivity index is 2.10. The van der Waals surface area contributed by atoms with Crippen molar-refractivity contribution in [3.8, 4) is 0 Å². The van der Waals surface area contributed by atoms with Gasteiger partial charge in [0, 0.05) is 6.04 Å². The van der Waals surface area contributed by atoms with Crippen LogP contribution in [0.2, 0.25) is 0 Å². The monoisotopic (exact) mass is 259 g/mol. The first-order valence-corrected chi connectivity index (χ1v) is 7.97. The van der Waals surface area contributed by atoms with Crippen molar-refractivity contribution in [2.45, 2.75) is 65.3 Å². The zero-order chi connectivity index (χ0) is 13.9. The Kier molecular flexibility index (Phi) is 4.67. The highest BCUT2D eigenvalue weighted by molar-refractivity contribution is 5.31. The molecule has 0 amide bonds. The first kappa shape index (κ1) is 14.6. The highest BCUT2D eigenvalue weighted by atomic mass is 15.0. The minimum Gasteiger partial charge on any atom is -0.314 e. The van der Waals surface area contributed by atoms with E-state index in [1.165, 1.54) is 31.2 Å². The number of hydrogen-bond acceptors (Lipinski definition) is 1. The minimum absolute atomic E-state index is 0.433. The molecule has 1 aromatic rings. The standard InChI is InChI=1S/C18H29N/c1-5-8-14-9-11-15(12-10-14)16-13-17(19-7-3)18(16,4)6-2/h9-12,16-17,19H,5-8,13H2,1-4H3. The van der Waals surface area contributed by atoms with Crippen LogP contribution >= 0.6 is 0 Å². The zero-order valence-corrected chi connectivity index (χ0v) is 13.0. The fourth-order valence-electron chi connectivity index (χ4n) is 3.63. The van der Waals surface area contributed by atoms with Gasteiger partial charge in [0.2, 0.25) is 0 Å². The molecule has 1 aliphatic rings. The average molecular weight is 259 g/mol. The molecular weight excluding hydrogens is 230 g/mol. The highest BCUT2D eigenvalue weighted by Crippen LogP contribution is 2.54. The summed E-state index contributed by atoms with van der Waals surface area (Å²) in [6.07, 6.45) is 4.99. The molecule has 1 aromatic carbocycles. The lowest BCUT2D eigenvalue weighted by atomic mass is 9.54. The van der Waals surface area contributed by atoms with E-state index in [4.69, 9.17) is 0 Å². The van der Waals surface area contributed by atoms with Crippen LogP contribution in [0.1, 0.15) is 64.0 Å². The van der Waals surface area contributed by atoms with E-state index in [9.17, 15) is 0 Å². The van der Waals surface area contributed by atoms with Crippen LogP contribution in [0.5, 0.6) is 0 Å². The lowest BCUT2D eigenvalue weighted by molar-refractivity contribution is 0.0455. The Bertz CT molecular complexity index is 395. The predicted octanol–water partition coefficient (Wildman–Crippen LogP) is 4.52. The highest BCUT2D eigenvalue weighted by Gasteiger charge is 2.50. The third-order valence-electron chi connectivity index (χ3n) is 5.20. The van der Waals surface area contributed by atoms with Gasteiger partial charge in [0.1, 0.15) is 0 Å². The van der Waals surface area contributed by atoms with Gasteiger partial charge in [-0.25, -0.2) is 0 Å². The zero-order valence-electron chi connectivity index (χ0n) is 13.0. The number of hydrogen-bond donors (Lipinski definition) is 1. The number of rotatable bonds is 6. The summed E-state index contributed by atoms with van der Waals surface area (Å²) < 4.78 is 0. The molecule has 1 saturated carbocycles. The van der Waals surface area contributed by atoms with Gasteiger partial charge in [-0.2, -0.15) is 0 Å². The van der Waals surface area contributed by atoms with E-state index >= 15 is 0 Å². The van der Waals surface area contributed by atoms with Crippen LogP contribution in [0.3, 0.4) is 0 Å². The molecule has 0 aromatic heterocycles. The molecule has 1 N–H and O–H groups in total. The SMILES string of the molecule is CCCc1ccc(C2CC(NCC)C2(C)CC)cc1. The molecule has 0 radical (unpaired) electrons. The molecule has 0 aliphatic heterocycles. The lowest BCUT2D eigenvalue weighted by Gasteiger charge is -2.55. The summed E-state index contributed by atoms with van der Waals surface area (Å²) in [6.45, 7) is 10.3. The predicted molar refractivity (Wildman–Crippen MR) is 83.7 cm³/mol. The van der Waals surface area contributed by atoms with Crippen molar-refractivity contribution in [2.75, 3.05) is 6.54 Å². The van der Waals surface area contributed by atoms with Gasteiger partial charge in [-0.15, -0.1) is 0 Å². The second kappa shape index (κ2) is 6.09. The van der Waals surface area contributed by atoms with Crippen molar-refractivity contribution >= 4 is 0 Å². The third kappa shape index (κ3) is 2.72. The van der Waals surface area contributed by atoms with E-state index in [1.54, 1.807) is 5.56 Å². The first-order chi connectivity index (χ1) is 9.15. The van der Waals surface area contributed by atoms with Crippen LogP contribution in [0.4, 0.5) is 0 Å². The smallest absolute Gasteiger partial charge is 0.0132 e. The fourth-order valence-corrected chi connectivity index (χ4v) is 3.63. The van der Waals surface area contributed by atoms with Gasteiger partial charge in [0.25, 0.3) is 0 Å². The van der Waals surface area contributed by atoms with Crippen molar-refractivity contribution in [1.82, 2.24) is 5.32 Å². The largest absolute Gasteiger partial charge is 0.314 e. The summed E-state index contributed by atoms with van der Waals surface area (Å²) >= 11 is 0. The van der Waals surface area contributed by atoms with E-state index < -0.39 is 0 Å². The second-order valence-corrected chi connectivity index (χ2v) is 6.25. The van der Waals surface area contributed by atoms with E-state index in [0.717, 1.165) is 12.5 Å². The first-order valence-electron chi connectivity index (χ1n) is 7.97. The molecule has 0 bridgehead atoms. The van der Waals surface area contributed by atoms with E-state index in [-0.39, 0.29) is 0 Å². The molecule has 1 aliphatic carbocycles. The van der Waals surface area contributed by atoms with Crippen LogP contribution in [0.25, 0.3) is 0 Å². The number of nitrogens with one attached hydrogen (secondary N) is 1. The number of benzene rings is 1. The third-order valence-corrected chi connectivity index (χ3v) is 5.20. The van der Waals surface area contributed by atoms with Crippen molar-refractivity contribution in [1.29, 1.82) is 0 Å². The summed E-state index contributed by atoms with van der Waals surface area (Å²) in [7, 11) is 0. The van der Waals surface area contributed by atoms with Gasteiger partial charge < -0.3 is 5.32 Å². The van der Waals surface area contributed by atoms with E-state index in [1.807, 2.05) is 0 Å². The van der Waals surface area contributed by atoms with Gasteiger partial charge in [0.15, 0.2) is 0 Å². The Labute approximate surface area is 118 Å². The van der Waals surface area contributed by atoms with Crippen molar-refractivity contribution in [3.63, 3.8) is 0 Å². The molecule has 3 unspecified atom stereocenters. The van der Waals surface area contributed by atoms with Gasteiger partial charge in [-0.1, -0.05) is 58.4 Å². The summed E-state index contributed by atoms with van der Waals surface area (Å²) in [5.74, 6) is 0.734. The van der Waals surface area contributed by atoms with Gasteiger partial charge in [0.05, 0.1) is 0 Å². The topological polar surface area (TPSA) is 12.0 Å². The molecule has 2 rings (SSSR count). The molecule has 0 saturated heterocycles. The maximum absolute atomic E-state index is 3.65. The minimum atomic E-state index is 0.433. The van der Waals surface area contributed by atoms with E-state index in [2.05, 4.69) is 57.3 Å². The Hall–Kier alpha value is -0.820. The Morgan fingerprint density at radius 3 is 2.37 bits per heavy atom. The normalized spacial score (nSPS) is 30.1. The Morgan fingerprint density at radius 2 is 1.84 bits per heavy atom. The average Bonchev–Trinajstić information content (AvgIpc) is 2.44. The van der Waals surface area contributed by atoms with Crippen LogP contribution in [0.15, 0.2) is 24.3 Å². The summed E-state index contributed by atoms with van der Waals surface area (Å²) in [6, 6.07) is 10.1. The molecule has 19 heavy (non-hydrogen) atoms. The molecule has 0 heterocycles. The van der Waals surface area contributed by atoms with Gasteiger partial charge >= 0.3 is 0 Å². The Morgan fingerprint density at radius 1 is 1.16 bits per heavy atom. The van der Waals surface area contributed by atoms with Crippen LogP contribution in [-0.2, 0) is 6.42 Å².